The number of alkyl halides is 3. The first-order valence-corrected chi connectivity index (χ1v) is 9.39. The maximum absolute atomic E-state index is 12.6. The molecule has 2 fully saturated rings. The SMILES string of the molecule is C[C@@H](C(=O)Nc1ccc(C(F)(F)F)cc1)N1CCN(C[C@@H]2CCCO2)CC1. The van der Waals surface area contributed by atoms with Crippen molar-refractivity contribution in [2.75, 3.05) is 44.6 Å². The van der Waals surface area contributed by atoms with Crippen LogP contribution < -0.4 is 5.32 Å². The summed E-state index contributed by atoms with van der Waals surface area (Å²) in [6.07, 6.45) is -1.80. The number of rotatable bonds is 5. The molecule has 5 nitrogen and oxygen atoms in total. The zero-order valence-electron chi connectivity index (χ0n) is 15.5. The summed E-state index contributed by atoms with van der Waals surface area (Å²) in [5, 5.41) is 2.71. The Morgan fingerprint density at radius 1 is 1.22 bits per heavy atom. The highest BCUT2D eigenvalue weighted by molar-refractivity contribution is 5.94. The van der Waals surface area contributed by atoms with Crippen molar-refractivity contribution in [2.45, 2.75) is 38.1 Å². The molecule has 0 spiro atoms. The smallest absolute Gasteiger partial charge is 0.377 e. The molecule has 0 bridgehead atoms. The van der Waals surface area contributed by atoms with Crippen molar-refractivity contribution in [1.29, 1.82) is 0 Å². The van der Waals surface area contributed by atoms with E-state index in [1.54, 1.807) is 0 Å². The van der Waals surface area contributed by atoms with E-state index in [1.165, 1.54) is 12.1 Å². The van der Waals surface area contributed by atoms with E-state index in [0.717, 1.165) is 64.3 Å². The molecule has 8 heteroatoms. The minimum absolute atomic E-state index is 0.206. The molecule has 0 aromatic heterocycles. The fourth-order valence-corrected chi connectivity index (χ4v) is 3.56. The first kappa shape index (κ1) is 20.1. The molecule has 150 valence electrons. The number of nitrogens with one attached hydrogen (secondary N) is 1. The summed E-state index contributed by atoms with van der Waals surface area (Å²) in [7, 11) is 0. The van der Waals surface area contributed by atoms with Gasteiger partial charge >= 0.3 is 6.18 Å². The van der Waals surface area contributed by atoms with Crippen LogP contribution in [-0.4, -0.2) is 67.2 Å². The van der Waals surface area contributed by atoms with E-state index < -0.39 is 11.7 Å². The number of carbonyl (C=O) groups excluding carboxylic acids is 1. The van der Waals surface area contributed by atoms with E-state index >= 15 is 0 Å². The molecule has 2 atom stereocenters. The highest BCUT2D eigenvalue weighted by Crippen LogP contribution is 2.29. The Morgan fingerprint density at radius 2 is 1.89 bits per heavy atom. The normalized spacial score (nSPS) is 23.3. The Labute approximate surface area is 157 Å². The Hall–Kier alpha value is -1.64. The third kappa shape index (κ3) is 5.43. The molecule has 0 saturated carbocycles. The summed E-state index contributed by atoms with van der Waals surface area (Å²) in [4.78, 5) is 16.9. The van der Waals surface area contributed by atoms with Crippen LogP contribution in [-0.2, 0) is 15.7 Å². The molecular formula is C19H26F3N3O2. The second kappa shape index (κ2) is 8.58. The molecule has 2 saturated heterocycles. The number of piperazine rings is 1. The largest absolute Gasteiger partial charge is 0.416 e. The second-order valence-corrected chi connectivity index (χ2v) is 7.21. The van der Waals surface area contributed by atoms with Gasteiger partial charge in [0.05, 0.1) is 17.7 Å². The molecule has 1 aromatic carbocycles. The molecule has 0 unspecified atom stereocenters. The van der Waals surface area contributed by atoms with Crippen LogP contribution in [0.1, 0.15) is 25.3 Å². The number of ether oxygens (including phenoxy) is 1. The van der Waals surface area contributed by atoms with E-state index in [1.807, 2.05) is 6.92 Å². The Bertz CT molecular complexity index is 622. The highest BCUT2D eigenvalue weighted by Gasteiger charge is 2.30. The van der Waals surface area contributed by atoms with Crippen LogP contribution in [0.25, 0.3) is 0 Å². The standard InChI is InChI=1S/C19H26F3N3O2/c1-14(18(26)23-16-6-4-15(5-7-16)19(20,21)22)25-10-8-24(9-11-25)13-17-3-2-12-27-17/h4-7,14,17H,2-3,8-13H2,1H3,(H,23,26)/t14-,17-/m0/s1. The summed E-state index contributed by atoms with van der Waals surface area (Å²) < 4.78 is 43.5. The van der Waals surface area contributed by atoms with Gasteiger partial charge in [-0.1, -0.05) is 0 Å². The number of carbonyl (C=O) groups is 1. The highest BCUT2D eigenvalue weighted by atomic mass is 19.4. The third-order valence-electron chi connectivity index (χ3n) is 5.30. The third-order valence-corrected chi connectivity index (χ3v) is 5.30. The van der Waals surface area contributed by atoms with Gasteiger partial charge < -0.3 is 10.1 Å². The van der Waals surface area contributed by atoms with Gasteiger partial charge in [0.1, 0.15) is 0 Å². The summed E-state index contributed by atoms with van der Waals surface area (Å²) >= 11 is 0. The maximum atomic E-state index is 12.6. The van der Waals surface area contributed by atoms with Crippen molar-refractivity contribution in [3.05, 3.63) is 29.8 Å². The van der Waals surface area contributed by atoms with Crippen LogP contribution in [0, 0.1) is 0 Å². The monoisotopic (exact) mass is 385 g/mol. The molecule has 2 aliphatic heterocycles. The van der Waals surface area contributed by atoms with Gasteiger partial charge in [-0.2, -0.15) is 13.2 Å². The number of benzene rings is 1. The summed E-state index contributed by atoms with van der Waals surface area (Å²) in [6.45, 7) is 6.97. The predicted octanol–water partition coefficient (Wildman–Crippen LogP) is 2.83. The van der Waals surface area contributed by atoms with Crippen LogP contribution in [0.4, 0.5) is 18.9 Å². The van der Waals surface area contributed by atoms with Crippen LogP contribution in [0.3, 0.4) is 0 Å². The molecule has 27 heavy (non-hydrogen) atoms. The number of nitrogens with zero attached hydrogens (tertiary/aromatic N) is 2. The van der Waals surface area contributed by atoms with Crippen LogP contribution >= 0.6 is 0 Å². The first-order chi connectivity index (χ1) is 12.8. The predicted molar refractivity (Wildman–Crippen MR) is 96.5 cm³/mol. The molecule has 1 N–H and O–H groups in total. The van der Waals surface area contributed by atoms with Crippen molar-refractivity contribution in [1.82, 2.24) is 9.80 Å². The van der Waals surface area contributed by atoms with Gasteiger partial charge in [-0.25, -0.2) is 0 Å². The quantitative estimate of drug-likeness (QED) is 0.847. The lowest BCUT2D eigenvalue weighted by Gasteiger charge is -2.38. The molecule has 1 amide bonds. The van der Waals surface area contributed by atoms with Gasteiger partial charge in [0.2, 0.25) is 5.91 Å². The lowest BCUT2D eigenvalue weighted by molar-refractivity contribution is -0.137. The molecule has 3 rings (SSSR count). The Kier molecular flexibility index (Phi) is 6.39. The minimum atomic E-state index is -4.38. The number of hydrogen-bond donors (Lipinski definition) is 1. The number of halogens is 3. The fraction of sp³-hybridized carbons (Fsp3) is 0.632. The van der Waals surface area contributed by atoms with E-state index in [4.69, 9.17) is 4.74 Å². The van der Waals surface area contributed by atoms with Crippen molar-refractivity contribution in [3.8, 4) is 0 Å². The second-order valence-electron chi connectivity index (χ2n) is 7.21. The Morgan fingerprint density at radius 3 is 2.44 bits per heavy atom. The molecule has 0 radical (unpaired) electrons. The van der Waals surface area contributed by atoms with Gasteiger partial charge in [-0.15, -0.1) is 0 Å². The van der Waals surface area contributed by atoms with E-state index in [9.17, 15) is 18.0 Å². The zero-order valence-corrected chi connectivity index (χ0v) is 15.5. The van der Waals surface area contributed by atoms with Crippen molar-refractivity contribution in [3.63, 3.8) is 0 Å². The zero-order chi connectivity index (χ0) is 19.4. The summed E-state index contributed by atoms with van der Waals surface area (Å²) in [5.74, 6) is -0.206. The lowest BCUT2D eigenvalue weighted by Crippen LogP contribution is -2.53. The number of hydrogen-bond acceptors (Lipinski definition) is 4. The topological polar surface area (TPSA) is 44.8 Å². The molecule has 1 aromatic rings. The van der Waals surface area contributed by atoms with Crippen LogP contribution in [0.15, 0.2) is 24.3 Å². The Balaban J connectivity index is 1.46. The molecule has 2 aliphatic rings. The molecule has 2 heterocycles. The lowest BCUT2D eigenvalue weighted by atomic mass is 10.1. The van der Waals surface area contributed by atoms with Gasteiger partial charge in [0, 0.05) is 45.0 Å². The van der Waals surface area contributed by atoms with E-state index in [-0.39, 0.29) is 11.9 Å². The van der Waals surface area contributed by atoms with Gasteiger partial charge in [-0.3, -0.25) is 14.6 Å². The van der Waals surface area contributed by atoms with Crippen LogP contribution in [0.5, 0.6) is 0 Å². The van der Waals surface area contributed by atoms with Gasteiger partial charge in [-0.05, 0) is 44.0 Å². The van der Waals surface area contributed by atoms with E-state index in [2.05, 4.69) is 15.1 Å². The number of anilines is 1. The summed E-state index contributed by atoms with van der Waals surface area (Å²) in [5.41, 5.74) is -0.354. The molecular weight excluding hydrogens is 359 g/mol. The minimum Gasteiger partial charge on any atom is -0.377 e. The molecule has 0 aliphatic carbocycles. The average Bonchev–Trinajstić information content (AvgIpc) is 3.14. The van der Waals surface area contributed by atoms with Crippen molar-refractivity contribution >= 4 is 11.6 Å². The van der Waals surface area contributed by atoms with Crippen molar-refractivity contribution < 1.29 is 22.7 Å². The summed E-state index contributed by atoms with van der Waals surface area (Å²) in [6, 6.07) is 4.19. The van der Waals surface area contributed by atoms with Crippen LogP contribution in [0.2, 0.25) is 0 Å². The van der Waals surface area contributed by atoms with Gasteiger partial charge in [0.25, 0.3) is 0 Å². The maximum Gasteiger partial charge on any atom is 0.416 e. The van der Waals surface area contributed by atoms with E-state index in [0.29, 0.717) is 11.8 Å². The number of amides is 1. The fourth-order valence-electron chi connectivity index (χ4n) is 3.56. The first-order valence-electron chi connectivity index (χ1n) is 9.39. The van der Waals surface area contributed by atoms with Gasteiger partial charge in [0.15, 0.2) is 0 Å². The average molecular weight is 385 g/mol. The van der Waals surface area contributed by atoms with Crippen molar-refractivity contribution in [2.24, 2.45) is 0 Å².